The molecule has 0 aromatic heterocycles. The third-order valence-electron chi connectivity index (χ3n) is 14.3. The van der Waals surface area contributed by atoms with Crippen molar-refractivity contribution in [3.63, 3.8) is 0 Å². The van der Waals surface area contributed by atoms with Crippen molar-refractivity contribution >= 4 is 5.97 Å². The number of benzene rings is 1. The van der Waals surface area contributed by atoms with Crippen molar-refractivity contribution in [3.05, 3.63) is 35.9 Å². The molecule has 0 saturated heterocycles. The van der Waals surface area contributed by atoms with Crippen molar-refractivity contribution in [2.45, 2.75) is 105 Å². The third-order valence-corrected chi connectivity index (χ3v) is 14.3. The van der Waals surface area contributed by atoms with E-state index < -0.39 is 11.4 Å². The fourth-order valence-corrected chi connectivity index (χ4v) is 11.8. The molecule has 0 heterocycles. The molecule has 4 fully saturated rings. The van der Waals surface area contributed by atoms with Crippen molar-refractivity contribution in [1.29, 1.82) is 0 Å². The summed E-state index contributed by atoms with van der Waals surface area (Å²) in [5, 5.41) is 32.1. The first-order valence-corrected chi connectivity index (χ1v) is 16.3. The third kappa shape index (κ3) is 3.85. The van der Waals surface area contributed by atoms with Gasteiger partial charge in [-0.05, 0) is 128 Å². The number of allylic oxidation sites excluding steroid dienone is 1. The molecule has 41 heavy (non-hydrogen) atoms. The van der Waals surface area contributed by atoms with Gasteiger partial charge >= 0.3 is 5.97 Å². The van der Waals surface area contributed by atoms with Gasteiger partial charge in [-0.15, -0.1) is 0 Å². The number of hydrogen-bond donors (Lipinski definition) is 3. The molecule has 226 valence electrons. The highest BCUT2D eigenvalue weighted by atomic mass is 16.5. The Morgan fingerprint density at radius 1 is 0.927 bits per heavy atom. The minimum Gasteiger partial charge on any atom is -0.508 e. The van der Waals surface area contributed by atoms with E-state index in [0.717, 1.165) is 57.1 Å². The van der Waals surface area contributed by atoms with Crippen LogP contribution in [0.5, 0.6) is 11.5 Å². The van der Waals surface area contributed by atoms with Crippen LogP contribution < -0.4 is 4.74 Å². The number of hydrogen-bond acceptors (Lipinski definition) is 4. The lowest BCUT2D eigenvalue weighted by Gasteiger charge is -2.70. The van der Waals surface area contributed by atoms with Gasteiger partial charge in [0, 0.05) is 5.41 Å². The van der Waals surface area contributed by atoms with Crippen molar-refractivity contribution in [2.75, 3.05) is 6.61 Å². The number of phenols is 1. The lowest BCUT2D eigenvalue weighted by atomic mass is 9.33. The first-order chi connectivity index (χ1) is 19.2. The number of phenolic OH excluding ortho intramolecular Hbond substituents is 1. The van der Waals surface area contributed by atoms with Crippen LogP contribution in [0.3, 0.4) is 0 Å². The van der Waals surface area contributed by atoms with Gasteiger partial charge in [-0.3, -0.25) is 4.79 Å². The van der Waals surface area contributed by atoms with Gasteiger partial charge in [-0.1, -0.05) is 53.2 Å². The molecule has 1 aromatic rings. The maximum atomic E-state index is 13.9. The zero-order valence-electron chi connectivity index (χ0n) is 26.1. The Balaban J connectivity index is 1.43. The van der Waals surface area contributed by atoms with Crippen molar-refractivity contribution in [2.24, 2.45) is 56.7 Å². The summed E-state index contributed by atoms with van der Waals surface area (Å²) in [4.78, 5) is 13.9. The lowest BCUT2D eigenvalue weighted by Crippen LogP contribution is -2.67. The number of aromatic hydroxyl groups is 1. The number of aliphatic carboxylic acids is 1. The molecule has 10 atom stereocenters. The molecule has 0 amide bonds. The van der Waals surface area contributed by atoms with E-state index in [1.807, 2.05) is 12.1 Å². The Kier molecular flexibility index (Phi) is 6.73. The van der Waals surface area contributed by atoms with Crippen molar-refractivity contribution < 1.29 is 24.9 Å². The Bertz CT molecular complexity index is 1220. The fourth-order valence-electron chi connectivity index (χ4n) is 11.8. The summed E-state index contributed by atoms with van der Waals surface area (Å²) in [6, 6.07) is 6.99. The Labute approximate surface area is 246 Å². The van der Waals surface area contributed by atoms with Crippen LogP contribution in [-0.2, 0) is 4.79 Å². The largest absolute Gasteiger partial charge is 0.508 e. The maximum Gasteiger partial charge on any atom is 0.314 e. The normalized spacial score (nSPS) is 46.7. The average molecular weight is 565 g/mol. The standard InChI is InChI=1S/C36H52O5/c1-22-13-18-35(21-41-25-9-7-24(37)8-10-25)19-20-36(31(39)40)26(30(35)23(22)2)11-12-28-33(5)16-15-29(38)32(3,4)27(33)14-17-34(28,36)6/h7-11,22-23,27-30,37-38H,12-21H2,1-6H3,(H,39,40)/t22-,23-,27-,28+,29+,30+,33-,34+,35+,36+/m0/s1. The lowest BCUT2D eigenvalue weighted by molar-refractivity contribution is -0.216. The van der Waals surface area contributed by atoms with Crippen LogP contribution in [-0.4, -0.2) is 34.0 Å². The van der Waals surface area contributed by atoms with Crippen molar-refractivity contribution in [1.82, 2.24) is 0 Å². The molecule has 1 aromatic carbocycles. The molecule has 5 heteroatoms. The van der Waals surface area contributed by atoms with Gasteiger partial charge in [0.05, 0.1) is 18.1 Å². The number of ether oxygens (including phenoxy) is 1. The Hall–Kier alpha value is -2.01. The zero-order chi connectivity index (χ0) is 29.6. The molecule has 0 unspecified atom stereocenters. The van der Waals surface area contributed by atoms with Gasteiger partial charge in [0.2, 0.25) is 0 Å². The van der Waals surface area contributed by atoms with E-state index in [1.165, 1.54) is 5.57 Å². The molecule has 5 nitrogen and oxygen atoms in total. The van der Waals surface area contributed by atoms with E-state index in [-0.39, 0.29) is 45.3 Å². The molecule has 5 aliphatic carbocycles. The molecule has 4 saturated carbocycles. The predicted octanol–water partition coefficient (Wildman–Crippen LogP) is 7.85. The summed E-state index contributed by atoms with van der Waals surface area (Å²) in [7, 11) is 0. The highest BCUT2D eigenvalue weighted by Crippen LogP contribution is 2.76. The Morgan fingerprint density at radius 3 is 2.32 bits per heavy atom. The topological polar surface area (TPSA) is 87.0 Å². The van der Waals surface area contributed by atoms with Crippen LogP contribution >= 0.6 is 0 Å². The van der Waals surface area contributed by atoms with Crippen LogP contribution in [0.25, 0.3) is 0 Å². The number of rotatable bonds is 4. The molecular formula is C36H52O5. The summed E-state index contributed by atoms with van der Waals surface area (Å²) in [6.07, 6.45) is 10.5. The minimum absolute atomic E-state index is 0.0161. The molecule has 0 radical (unpaired) electrons. The molecule has 0 spiro atoms. The number of carboxylic acid groups (broad SMARTS) is 1. The van der Waals surface area contributed by atoms with Gasteiger partial charge in [-0.25, -0.2) is 0 Å². The summed E-state index contributed by atoms with van der Waals surface area (Å²) in [5.74, 6) is 2.15. The highest BCUT2D eigenvalue weighted by Gasteiger charge is 2.72. The minimum atomic E-state index is -0.859. The number of carboxylic acids is 1. The van der Waals surface area contributed by atoms with Crippen molar-refractivity contribution in [3.8, 4) is 11.5 Å². The first-order valence-electron chi connectivity index (χ1n) is 16.3. The van der Waals surface area contributed by atoms with Gasteiger partial charge in [-0.2, -0.15) is 0 Å². The molecule has 0 bridgehead atoms. The number of fused-ring (bicyclic) bond motifs is 7. The van der Waals surface area contributed by atoms with Gasteiger partial charge in [0.1, 0.15) is 11.5 Å². The molecule has 0 aliphatic heterocycles. The summed E-state index contributed by atoms with van der Waals surface area (Å²) in [5.41, 5.74) is -0.202. The van der Waals surface area contributed by atoms with Crippen LogP contribution in [0.2, 0.25) is 0 Å². The molecule has 5 aliphatic rings. The van der Waals surface area contributed by atoms with Gasteiger partial charge in [0.25, 0.3) is 0 Å². The van der Waals surface area contributed by atoms with E-state index in [2.05, 4.69) is 47.6 Å². The zero-order valence-corrected chi connectivity index (χ0v) is 26.1. The summed E-state index contributed by atoms with van der Waals surface area (Å²) >= 11 is 0. The second kappa shape index (κ2) is 9.49. The van der Waals surface area contributed by atoms with E-state index in [1.54, 1.807) is 12.1 Å². The summed E-state index contributed by atoms with van der Waals surface area (Å²) in [6.45, 7) is 14.6. The fraction of sp³-hybridized carbons (Fsp3) is 0.750. The smallest absolute Gasteiger partial charge is 0.314 e. The van der Waals surface area contributed by atoms with E-state index in [0.29, 0.717) is 30.8 Å². The maximum absolute atomic E-state index is 13.9. The molecule has 3 N–H and O–H groups in total. The van der Waals surface area contributed by atoms with Gasteiger partial charge < -0.3 is 20.1 Å². The SMILES string of the molecule is C[C@H]1[C@@H](C)CC[C@]2(COc3ccc(O)cc3)CC[C@]3(C(=O)O)C(=CC[C@@H]4[C@@]5(C)CC[C@@H](O)C(C)(C)[C@@H]5CC[C@]43C)[C@@H]12. The van der Waals surface area contributed by atoms with E-state index in [4.69, 9.17) is 4.74 Å². The average Bonchev–Trinajstić information content (AvgIpc) is 2.92. The predicted molar refractivity (Wildman–Crippen MR) is 161 cm³/mol. The second-order valence-corrected chi connectivity index (χ2v) is 16.0. The molecular weight excluding hydrogens is 512 g/mol. The van der Waals surface area contributed by atoms with Crippen LogP contribution in [0.4, 0.5) is 0 Å². The van der Waals surface area contributed by atoms with Crippen LogP contribution in [0.15, 0.2) is 35.9 Å². The van der Waals surface area contributed by atoms with E-state index in [9.17, 15) is 20.1 Å². The second-order valence-electron chi connectivity index (χ2n) is 16.0. The number of aliphatic hydroxyl groups is 1. The highest BCUT2D eigenvalue weighted by molar-refractivity contribution is 5.81. The number of aliphatic hydroxyl groups excluding tert-OH is 1. The molecule has 6 rings (SSSR count). The Morgan fingerprint density at radius 2 is 1.63 bits per heavy atom. The number of carbonyl (C=O) groups is 1. The van der Waals surface area contributed by atoms with Crippen LogP contribution in [0.1, 0.15) is 99.3 Å². The van der Waals surface area contributed by atoms with Gasteiger partial charge in [0.15, 0.2) is 0 Å². The monoisotopic (exact) mass is 564 g/mol. The quantitative estimate of drug-likeness (QED) is 0.324. The van der Waals surface area contributed by atoms with E-state index >= 15 is 0 Å². The first kappa shape index (κ1) is 29.1. The van der Waals surface area contributed by atoms with Crippen LogP contribution in [0, 0.1) is 56.7 Å². The summed E-state index contributed by atoms with van der Waals surface area (Å²) < 4.78 is 6.46.